The number of hydrogen-bond acceptors (Lipinski definition) is 3. The van der Waals surface area contributed by atoms with Crippen molar-refractivity contribution in [2.24, 2.45) is 0 Å². The van der Waals surface area contributed by atoms with Gasteiger partial charge < -0.3 is 20.6 Å². The summed E-state index contributed by atoms with van der Waals surface area (Å²) in [6, 6.07) is 4.74. The van der Waals surface area contributed by atoms with Crippen LogP contribution >= 0.6 is 0 Å². The smallest absolute Gasteiger partial charge is 0.319 e. The Labute approximate surface area is 126 Å². The molecule has 0 bridgehead atoms. The van der Waals surface area contributed by atoms with Crippen LogP contribution in [0.4, 0.5) is 9.18 Å². The second kappa shape index (κ2) is 5.42. The lowest BCUT2D eigenvalue weighted by atomic mass is 9.96. The molecule has 0 spiro atoms. The van der Waals surface area contributed by atoms with E-state index in [2.05, 4.69) is 10.6 Å². The van der Waals surface area contributed by atoms with Crippen molar-refractivity contribution in [1.82, 2.24) is 15.5 Å². The number of benzene rings is 1. The molecule has 116 valence electrons. The summed E-state index contributed by atoms with van der Waals surface area (Å²) in [4.78, 5) is 25.7. The van der Waals surface area contributed by atoms with Crippen LogP contribution in [0.15, 0.2) is 35.5 Å². The van der Waals surface area contributed by atoms with E-state index >= 15 is 0 Å². The molecule has 2 atom stereocenters. The lowest BCUT2D eigenvalue weighted by molar-refractivity contribution is -0.126. The van der Waals surface area contributed by atoms with Crippen molar-refractivity contribution in [3.63, 3.8) is 0 Å². The van der Waals surface area contributed by atoms with Gasteiger partial charge >= 0.3 is 6.03 Å². The van der Waals surface area contributed by atoms with E-state index in [4.69, 9.17) is 0 Å². The molecule has 0 fully saturated rings. The molecule has 0 aliphatic carbocycles. The average Bonchev–Trinajstić information content (AvgIpc) is 2.74. The zero-order valence-electron chi connectivity index (χ0n) is 12.0. The van der Waals surface area contributed by atoms with E-state index in [1.165, 1.54) is 11.0 Å². The van der Waals surface area contributed by atoms with E-state index in [1.807, 2.05) is 0 Å². The fraction of sp³-hybridized carbons (Fsp3) is 0.333. The predicted octanol–water partition coefficient (Wildman–Crippen LogP) is 0.657. The van der Waals surface area contributed by atoms with Crippen LogP contribution in [-0.4, -0.2) is 41.1 Å². The lowest BCUT2D eigenvalue weighted by Crippen LogP contribution is -2.44. The van der Waals surface area contributed by atoms with Crippen molar-refractivity contribution in [2.75, 3.05) is 13.1 Å². The molecule has 3 N–H and O–H groups in total. The van der Waals surface area contributed by atoms with Crippen molar-refractivity contribution >= 4 is 11.9 Å². The predicted molar refractivity (Wildman–Crippen MR) is 76.1 cm³/mol. The van der Waals surface area contributed by atoms with Crippen molar-refractivity contribution in [3.8, 4) is 0 Å². The highest BCUT2D eigenvalue weighted by atomic mass is 19.1. The van der Waals surface area contributed by atoms with E-state index in [9.17, 15) is 19.1 Å². The molecular weight excluding hydrogens is 289 g/mol. The summed E-state index contributed by atoms with van der Waals surface area (Å²) < 4.78 is 14.0. The number of rotatable bonds is 3. The van der Waals surface area contributed by atoms with E-state index in [0.29, 0.717) is 11.3 Å². The van der Waals surface area contributed by atoms with Gasteiger partial charge in [0.2, 0.25) is 0 Å². The van der Waals surface area contributed by atoms with Gasteiger partial charge in [-0.05, 0) is 13.0 Å². The summed E-state index contributed by atoms with van der Waals surface area (Å²) in [5.74, 6) is -0.792. The SMILES string of the molecule is C[C@@H](O)CN1CC2=C(C1=O)[C@H](c1ccccc1F)NC(=O)N2. The molecule has 2 aliphatic heterocycles. The monoisotopic (exact) mass is 305 g/mol. The maximum Gasteiger partial charge on any atom is 0.319 e. The van der Waals surface area contributed by atoms with Gasteiger partial charge in [0, 0.05) is 12.1 Å². The minimum atomic E-state index is -0.823. The number of aliphatic hydroxyl groups excluding tert-OH is 1. The summed E-state index contributed by atoms with van der Waals surface area (Å²) in [5.41, 5.74) is 1.03. The van der Waals surface area contributed by atoms with Crippen molar-refractivity contribution < 1.29 is 19.1 Å². The normalized spacial score (nSPS) is 22.3. The van der Waals surface area contributed by atoms with Gasteiger partial charge in [-0.25, -0.2) is 9.18 Å². The van der Waals surface area contributed by atoms with E-state index in [-0.39, 0.29) is 24.6 Å². The quantitative estimate of drug-likeness (QED) is 0.767. The first kappa shape index (κ1) is 14.5. The van der Waals surface area contributed by atoms with Gasteiger partial charge in [0.1, 0.15) is 5.82 Å². The van der Waals surface area contributed by atoms with Gasteiger partial charge in [0.05, 0.1) is 30.0 Å². The number of halogens is 1. The summed E-state index contributed by atoms with van der Waals surface area (Å²) >= 11 is 0. The number of hydrogen-bond donors (Lipinski definition) is 3. The molecule has 1 aromatic rings. The van der Waals surface area contributed by atoms with Gasteiger partial charge in [-0.3, -0.25) is 4.79 Å². The molecule has 2 aliphatic rings. The summed E-state index contributed by atoms with van der Waals surface area (Å²) in [6.07, 6.45) is -0.680. The van der Waals surface area contributed by atoms with Gasteiger partial charge in [-0.15, -0.1) is 0 Å². The average molecular weight is 305 g/mol. The van der Waals surface area contributed by atoms with Crippen LogP contribution < -0.4 is 10.6 Å². The molecule has 0 saturated heterocycles. The maximum atomic E-state index is 14.0. The summed E-state index contributed by atoms with van der Waals surface area (Å²) in [7, 11) is 0. The Morgan fingerprint density at radius 1 is 1.41 bits per heavy atom. The van der Waals surface area contributed by atoms with E-state index in [1.54, 1.807) is 25.1 Å². The molecule has 3 rings (SSSR count). The Morgan fingerprint density at radius 3 is 2.82 bits per heavy atom. The van der Waals surface area contributed by atoms with Crippen LogP contribution in [0.5, 0.6) is 0 Å². The molecule has 6 nitrogen and oxygen atoms in total. The maximum absolute atomic E-state index is 14.0. The van der Waals surface area contributed by atoms with Crippen LogP contribution in [0.3, 0.4) is 0 Å². The Balaban J connectivity index is 1.98. The summed E-state index contributed by atoms with van der Waals surface area (Å²) in [6.45, 7) is 1.94. The molecule has 1 aromatic carbocycles. The second-order valence-corrected chi connectivity index (χ2v) is 5.48. The van der Waals surface area contributed by atoms with Crippen molar-refractivity contribution in [1.29, 1.82) is 0 Å². The highest BCUT2D eigenvalue weighted by Gasteiger charge is 2.41. The minimum absolute atomic E-state index is 0.158. The number of nitrogens with one attached hydrogen (secondary N) is 2. The van der Waals surface area contributed by atoms with Gasteiger partial charge in [0.15, 0.2) is 0 Å². The topological polar surface area (TPSA) is 81.7 Å². The van der Waals surface area contributed by atoms with E-state index < -0.39 is 24.0 Å². The number of carbonyl (C=O) groups is 2. The fourth-order valence-electron chi connectivity index (χ4n) is 2.84. The van der Waals surface area contributed by atoms with Crippen LogP contribution in [0.1, 0.15) is 18.5 Å². The third kappa shape index (κ3) is 2.43. The second-order valence-electron chi connectivity index (χ2n) is 5.48. The van der Waals surface area contributed by atoms with Crippen molar-refractivity contribution in [2.45, 2.75) is 19.1 Å². The Hall–Kier alpha value is -2.41. The molecular formula is C15H16FN3O3. The molecule has 3 amide bonds. The molecule has 2 heterocycles. The Kier molecular flexibility index (Phi) is 3.58. The largest absolute Gasteiger partial charge is 0.392 e. The third-order valence-corrected chi connectivity index (χ3v) is 3.72. The highest BCUT2D eigenvalue weighted by Crippen LogP contribution is 2.33. The standard InChI is InChI=1S/C15H16FN3O3/c1-8(20)6-19-7-11-12(14(19)21)13(18-15(22)17-11)9-4-2-3-5-10(9)16/h2-5,8,13,20H,6-7H2,1H3,(H2,17,18,22)/t8-,13+/m1/s1. The molecule has 7 heteroatoms. The third-order valence-electron chi connectivity index (χ3n) is 3.72. The lowest BCUT2D eigenvalue weighted by Gasteiger charge is -2.25. The summed E-state index contributed by atoms with van der Waals surface area (Å²) in [5, 5.41) is 14.7. The van der Waals surface area contributed by atoms with Crippen LogP contribution in [0.2, 0.25) is 0 Å². The zero-order chi connectivity index (χ0) is 15.9. The van der Waals surface area contributed by atoms with Crippen LogP contribution in [0, 0.1) is 5.82 Å². The first-order valence-corrected chi connectivity index (χ1v) is 6.99. The number of amides is 3. The number of urea groups is 1. The highest BCUT2D eigenvalue weighted by molar-refractivity contribution is 6.01. The Morgan fingerprint density at radius 2 is 2.14 bits per heavy atom. The van der Waals surface area contributed by atoms with Crippen LogP contribution in [0.25, 0.3) is 0 Å². The van der Waals surface area contributed by atoms with Gasteiger partial charge in [0.25, 0.3) is 5.91 Å². The molecule has 0 saturated carbocycles. The zero-order valence-corrected chi connectivity index (χ0v) is 12.0. The molecule has 0 unspecified atom stereocenters. The molecule has 0 radical (unpaired) electrons. The first-order valence-electron chi connectivity index (χ1n) is 6.99. The van der Waals surface area contributed by atoms with Crippen molar-refractivity contribution in [3.05, 3.63) is 46.9 Å². The number of carbonyl (C=O) groups excluding carboxylic acids is 2. The van der Waals surface area contributed by atoms with Gasteiger partial charge in [-0.1, -0.05) is 18.2 Å². The van der Waals surface area contributed by atoms with E-state index in [0.717, 1.165) is 0 Å². The minimum Gasteiger partial charge on any atom is -0.392 e. The van der Waals surface area contributed by atoms with Gasteiger partial charge in [-0.2, -0.15) is 0 Å². The first-order chi connectivity index (χ1) is 10.5. The van der Waals surface area contributed by atoms with Crippen LogP contribution in [-0.2, 0) is 4.79 Å². The fourth-order valence-corrected chi connectivity index (χ4v) is 2.84. The molecule has 22 heavy (non-hydrogen) atoms. The number of β-amino-alcohol motifs (C(OH)–C–C–N with tert-alkyl or cyclic N) is 1. The number of aliphatic hydroxyl groups is 1. The number of nitrogens with zero attached hydrogens (tertiary/aromatic N) is 1. The Bertz CT molecular complexity index is 672. The molecule has 0 aromatic heterocycles.